The smallest absolute Gasteiger partial charge is 0.441 e. The molecule has 1 aliphatic heterocycles. The van der Waals surface area contributed by atoms with Gasteiger partial charge in [0.1, 0.15) is 6.54 Å². The van der Waals surface area contributed by atoms with Crippen molar-refractivity contribution >= 4 is 24.5 Å². The van der Waals surface area contributed by atoms with E-state index in [2.05, 4.69) is 4.74 Å². The summed E-state index contributed by atoms with van der Waals surface area (Å²) in [6.07, 6.45) is -16.0. The Morgan fingerprint density at radius 2 is 1.85 bits per heavy atom. The van der Waals surface area contributed by atoms with Gasteiger partial charge in [0.2, 0.25) is 0 Å². The lowest BCUT2D eigenvalue weighted by molar-refractivity contribution is -0.313. The zero-order valence-corrected chi connectivity index (χ0v) is 13.6. The molecule has 0 radical (unpaired) electrons. The molecule has 2 N–H and O–H groups in total. The SMILES string of the molecule is Cc1c(C(=O)NCC(=O)OC(C(F)(F)F)C(F)(F)F)ccc2c1B(O)OC2. The van der Waals surface area contributed by atoms with Crippen molar-refractivity contribution in [1.29, 1.82) is 0 Å². The molecule has 0 fully saturated rings. The molecule has 0 spiro atoms. The minimum atomic E-state index is -5.84. The third-order valence-electron chi connectivity index (χ3n) is 3.73. The van der Waals surface area contributed by atoms with Gasteiger partial charge in [-0.15, -0.1) is 0 Å². The highest BCUT2D eigenvalue weighted by molar-refractivity contribution is 6.62. The minimum absolute atomic E-state index is 0.0331. The van der Waals surface area contributed by atoms with Crippen LogP contribution in [-0.2, 0) is 20.8 Å². The number of benzene rings is 1. The molecule has 0 aromatic heterocycles. The van der Waals surface area contributed by atoms with Crippen molar-refractivity contribution in [2.24, 2.45) is 0 Å². The monoisotopic (exact) mass is 399 g/mol. The summed E-state index contributed by atoms with van der Waals surface area (Å²) < 4.78 is 82.4. The second-order valence-corrected chi connectivity index (χ2v) is 5.61. The first-order valence-corrected chi connectivity index (χ1v) is 7.35. The third-order valence-corrected chi connectivity index (χ3v) is 3.73. The first kappa shape index (κ1) is 21.0. The summed E-state index contributed by atoms with van der Waals surface area (Å²) in [5, 5.41) is 11.6. The molecule has 2 rings (SSSR count). The van der Waals surface area contributed by atoms with Crippen molar-refractivity contribution in [3.8, 4) is 0 Å². The first-order chi connectivity index (χ1) is 12.3. The van der Waals surface area contributed by atoms with Crippen molar-refractivity contribution in [2.45, 2.75) is 32.0 Å². The van der Waals surface area contributed by atoms with E-state index in [0.29, 0.717) is 16.6 Å². The van der Waals surface area contributed by atoms with Gasteiger partial charge in [-0.2, -0.15) is 26.3 Å². The Bertz CT molecular complexity index is 737. The fourth-order valence-electron chi connectivity index (χ4n) is 2.49. The summed E-state index contributed by atoms with van der Waals surface area (Å²) in [4.78, 5) is 23.4. The van der Waals surface area contributed by atoms with Gasteiger partial charge in [0.15, 0.2) is 0 Å². The van der Waals surface area contributed by atoms with Crippen LogP contribution in [0.25, 0.3) is 0 Å². The molecule has 13 heteroatoms. The van der Waals surface area contributed by atoms with Gasteiger partial charge in [-0.05, 0) is 29.6 Å². The molecule has 1 heterocycles. The number of hydrogen-bond acceptors (Lipinski definition) is 5. The maximum atomic E-state index is 12.3. The molecule has 0 saturated carbocycles. The maximum Gasteiger partial charge on any atom is 0.492 e. The molecule has 1 aliphatic rings. The Morgan fingerprint density at radius 1 is 1.26 bits per heavy atom. The lowest BCUT2D eigenvalue weighted by Crippen LogP contribution is -2.47. The quantitative estimate of drug-likeness (QED) is 0.448. The molecule has 148 valence electrons. The van der Waals surface area contributed by atoms with E-state index >= 15 is 0 Å². The van der Waals surface area contributed by atoms with Crippen molar-refractivity contribution in [3.63, 3.8) is 0 Å². The van der Waals surface area contributed by atoms with Crippen molar-refractivity contribution in [1.82, 2.24) is 5.32 Å². The van der Waals surface area contributed by atoms with Gasteiger partial charge in [-0.1, -0.05) is 6.07 Å². The Kier molecular flexibility index (Phi) is 5.75. The van der Waals surface area contributed by atoms with E-state index in [9.17, 15) is 41.0 Å². The zero-order valence-electron chi connectivity index (χ0n) is 13.6. The molecular formula is C14H12BF6NO5. The number of ether oxygens (including phenoxy) is 1. The van der Waals surface area contributed by atoms with Crippen LogP contribution in [0.2, 0.25) is 0 Å². The Labute approximate surface area is 148 Å². The average molecular weight is 399 g/mol. The fraction of sp³-hybridized carbons (Fsp3) is 0.429. The number of carbonyl (C=O) groups excluding carboxylic acids is 2. The van der Waals surface area contributed by atoms with E-state index < -0.39 is 44.0 Å². The van der Waals surface area contributed by atoms with E-state index in [1.165, 1.54) is 19.1 Å². The number of halogens is 6. The maximum absolute atomic E-state index is 12.3. The Morgan fingerprint density at radius 3 is 2.41 bits per heavy atom. The van der Waals surface area contributed by atoms with Gasteiger partial charge in [-0.25, -0.2) is 0 Å². The third kappa shape index (κ3) is 4.72. The van der Waals surface area contributed by atoms with Crippen LogP contribution < -0.4 is 10.8 Å². The lowest BCUT2D eigenvalue weighted by Gasteiger charge is -2.22. The van der Waals surface area contributed by atoms with Gasteiger partial charge in [0, 0.05) is 5.56 Å². The van der Waals surface area contributed by atoms with Crippen LogP contribution in [0, 0.1) is 6.92 Å². The predicted molar refractivity (Wildman–Crippen MR) is 77.9 cm³/mol. The molecule has 0 unspecified atom stereocenters. The first-order valence-electron chi connectivity index (χ1n) is 7.35. The second kappa shape index (κ2) is 7.39. The Hall–Kier alpha value is -2.28. The van der Waals surface area contributed by atoms with E-state index in [-0.39, 0.29) is 12.2 Å². The number of esters is 1. The predicted octanol–water partition coefficient (Wildman–Crippen LogP) is 0.979. The molecule has 6 nitrogen and oxygen atoms in total. The summed E-state index contributed by atoms with van der Waals surface area (Å²) >= 11 is 0. The number of hydrogen-bond donors (Lipinski definition) is 2. The Balaban J connectivity index is 2.04. The van der Waals surface area contributed by atoms with Crippen molar-refractivity contribution in [2.75, 3.05) is 6.54 Å². The van der Waals surface area contributed by atoms with Gasteiger partial charge >= 0.3 is 25.4 Å². The van der Waals surface area contributed by atoms with Gasteiger partial charge in [0.25, 0.3) is 12.0 Å². The highest BCUT2D eigenvalue weighted by Gasteiger charge is 2.59. The highest BCUT2D eigenvalue weighted by Crippen LogP contribution is 2.35. The van der Waals surface area contributed by atoms with E-state index in [0.717, 1.165) is 0 Å². The molecule has 0 saturated heterocycles. The minimum Gasteiger partial charge on any atom is -0.441 e. The summed E-state index contributed by atoms with van der Waals surface area (Å²) in [6, 6.07) is 2.79. The van der Waals surface area contributed by atoms with Gasteiger partial charge in [0.05, 0.1) is 6.61 Å². The molecule has 1 aromatic rings. The van der Waals surface area contributed by atoms with Crippen LogP contribution in [0.5, 0.6) is 0 Å². The van der Waals surface area contributed by atoms with E-state index in [1.807, 2.05) is 5.32 Å². The standard InChI is InChI=1S/C14H12BF6NO5/c1-6-8(3-2-7-5-26-15(25)10(6)7)11(24)22-4-9(23)27-12(13(16,17)18)14(19,20)21/h2-3,12,25H,4-5H2,1H3,(H,22,24). The van der Waals surface area contributed by atoms with Crippen molar-refractivity contribution in [3.05, 3.63) is 28.8 Å². The van der Waals surface area contributed by atoms with E-state index in [4.69, 9.17) is 4.65 Å². The van der Waals surface area contributed by atoms with Gasteiger partial charge < -0.3 is 19.7 Å². The molecule has 1 aromatic carbocycles. The number of amides is 1. The largest absolute Gasteiger partial charge is 0.492 e. The zero-order chi connectivity index (χ0) is 20.6. The topological polar surface area (TPSA) is 84.9 Å². The lowest BCUT2D eigenvalue weighted by atomic mass is 9.75. The van der Waals surface area contributed by atoms with E-state index in [1.54, 1.807) is 0 Å². The normalized spacial score (nSPS) is 14.3. The van der Waals surface area contributed by atoms with Crippen LogP contribution in [-0.4, -0.2) is 49.0 Å². The number of carbonyl (C=O) groups is 2. The number of fused-ring (bicyclic) bond motifs is 1. The summed E-state index contributed by atoms with van der Waals surface area (Å²) in [6.45, 7) is 0.367. The summed E-state index contributed by atoms with van der Waals surface area (Å²) in [5.74, 6) is -2.85. The van der Waals surface area contributed by atoms with Crippen LogP contribution in [0.1, 0.15) is 21.5 Å². The molecule has 1 amide bonds. The average Bonchev–Trinajstić information content (AvgIpc) is 2.90. The summed E-state index contributed by atoms with van der Waals surface area (Å²) in [5.41, 5.74) is 1.22. The number of rotatable bonds is 4. The van der Waals surface area contributed by atoms with Crippen molar-refractivity contribution < 1.29 is 50.3 Å². The van der Waals surface area contributed by atoms with Crippen LogP contribution >= 0.6 is 0 Å². The molecule has 0 bridgehead atoms. The highest BCUT2D eigenvalue weighted by atomic mass is 19.4. The fourth-order valence-corrected chi connectivity index (χ4v) is 2.49. The number of nitrogens with one attached hydrogen (secondary N) is 1. The summed E-state index contributed by atoms with van der Waals surface area (Å²) in [7, 11) is -1.27. The molecular weight excluding hydrogens is 387 g/mol. The van der Waals surface area contributed by atoms with Crippen LogP contribution in [0.15, 0.2) is 12.1 Å². The molecule has 27 heavy (non-hydrogen) atoms. The van der Waals surface area contributed by atoms with Crippen LogP contribution in [0.4, 0.5) is 26.3 Å². The van der Waals surface area contributed by atoms with Gasteiger partial charge in [-0.3, -0.25) is 9.59 Å². The molecule has 0 atom stereocenters. The van der Waals surface area contributed by atoms with Crippen LogP contribution in [0.3, 0.4) is 0 Å². The second-order valence-electron chi connectivity index (χ2n) is 5.61. The molecule has 0 aliphatic carbocycles. The number of alkyl halides is 6.